The van der Waals surface area contributed by atoms with E-state index in [1.54, 1.807) is 12.1 Å². The van der Waals surface area contributed by atoms with Crippen LogP contribution in [-0.4, -0.2) is 43.1 Å². The van der Waals surface area contributed by atoms with Gasteiger partial charge >= 0.3 is 11.9 Å². The summed E-state index contributed by atoms with van der Waals surface area (Å²) in [6.07, 6.45) is 9.94. The second-order valence-electron chi connectivity index (χ2n) is 9.77. The summed E-state index contributed by atoms with van der Waals surface area (Å²) in [6, 6.07) is 9.09. The zero-order chi connectivity index (χ0) is 23.1. The number of hydrogen-bond acceptors (Lipinski definition) is 6. The first-order valence-electron chi connectivity index (χ1n) is 12.8. The quantitative estimate of drug-likeness (QED) is 0.325. The van der Waals surface area contributed by atoms with E-state index in [1.807, 2.05) is 18.2 Å². The molecule has 1 aromatic rings. The molecule has 2 unspecified atom stereocenters. The fraction of sp³-hybridized carbons (Fsp3) is 0.704. The predicted octanol–water partition coefficient (Wildman–Crippen LogP) is 5.44. The maximum atomic E-state index is 12.7. The Labute approximate surface area is 197 Å². The van der Waals surface area contributed by atoms with Crippen LogP contribution in [0.1, 0.15) is 87.9 Å². The number of rotatable bonds is 11. The van der Waals surface area contributed by atoms with E-state index in [0.717, 1.165) is 45.3 Å². The summed E-state index contributed by atoms with van der Waals surface area (Å²) in [5.74, 6) is -0.845. The van der Waals surface area contributed by atoms with Crippen LogP contribution in [0.5, 0.6) is 0 Å². The van der Waals surface area contributed by atoms with E-state index in [1.165, 1.54) is 25.7 Å². The van der Waals surface area contributed by atoms with Crippen molar-refractivity contribution in [2.24, 2.45) is 11.8 Å². The van der Waals surface area contributed by atoms with Crippen LogP contribution in [0.3, 0.4) is 0 Å². The molecule has 0 N–H and O–H groups in total. The minimum Gasteiger partial charge on any atom is -0.462 e. The summed E-state index contributed by atoms with van der Waals surface area (Å²) in [5, 5.41) is 0. The summed E-state index contributed by atoms with van der Waals surface area (Å²) in [7, 11) is 0. The molecular weight excluding hydrogens is 420 g/mol. The Balaban J connectivity index is 1.40. The van der Waals surface area contributed by atoms with E-state index in [0.29, 0.717) is 18.4 Å². The van der Waals surface area contributed by atoms with Gasteiger partial charge in [-0.25, -0.2) is 4.79 Å². The van der Waals surface area contributed by atoms with Gasteiger partial charge in [-0.3, -0.25) is 4.79 Å². The van der Waals surface area contributed by atoms with Crippen molar-refractivity contribution in [3.05, 3.63) is 35.9 Å². The molecular formula is C27H38O6. The van der Waals surface area contributed by atoms with Gasteiger partial charge in [-0.05, 0) is 31.4 Å². The molecule has 1 aromatic carbocycles. The third-order valence-electron chi connectivity index (χ3n) is 7.46. The lowest BCUT2D eigenvalue weighted by atomic mass is 9.85. The van der Waals surface area contributed by atoms with Gasteiger partial charge < -0.3 is 18.9 Å². The van der Waals surface area contributed by atoms with Gasteiger partial charge in [-0.15, -0.1) is 0 Å². The van der Waals surface area contributed by atoms with Crippen molar-refractivity contribution in [1.82, 2.24) is 0 Å². The van der Waals surface area contributed by atoms with Gasteiger partial charge in [-0.1, -0.05) is 50.8 Å². The Morgan fingerprint density at radius 2 is 1.82 bits per heavy atom. The Bertz CT molecular complexity index is 772. The average Bonchev–Trinajstić information content (AvgIpc) is 3.34. The Kier molecular flexibility index (Phi) is 8.42. The first-order chi connectivity index (χ1) is 16.1. The second-order valence-corrected chi connectivity index (χ2v) is 9.77. The highest BCUT2D eigenvalue weighted by Gasteiger charge is 2.52. The van der Waals surface area contributed by atoms with Crippen molar-refractivity contribution in [2.45, 2.75) is 95.5 Å². The number of carbonyl (C=O) groups excluding carboxylic acids is 2. The number of hydrogen-bond donors (Lipinski definition) is 0. The van der Waals surface area contributed by atoms with Crippen molar-refractivity contribution < 1.29 is 28.5 Å². The molecule has 4 atom stereocenters. The third-order valence-corrected chi connectivity index (χ3v) is 7.46. The highest BCUT2D eigenvalue weighted by Crippen LogP contribution is 2.46. The van der Waals surface area contributed by atoms with Gasteiger partial charge in [0.05, 0.1) is 25.2 Å². The molecule has 6 nitrogen and oxygen atoms in total. The number of carbonyl (C=O) groups is 2. The van der Waals surface area contributed by atoms with Gasteiger partial charge in [0.2, 0.25) is 0 Å². The first-order valence-corrected chi connectivity index (χ1v) is 12.8. The van der Waals surface area contributed by atoms with E-state index < -0.39 is 5.79 Å². The maximum Gasteiger partial charge on any atom is 0.338 e. The Morgan fingerprint density at radius 1 is 1.06 bits per heavy atom. The minimum atomic E-state index is -0.556. The van der Waals surface area contributed by atoms with Gasteiger partial charge in [0, 0.05) is 31.1 Å². The van der Waals surface area contributed by atoms with Crippen molar-refractivity contribution in [2.75, 3.05) is 13.2 Å². The Morgan fingerprint density at radius 3 is 2.58 bits per heavy atom. The van der Waals surface area contributed by atoms with E-state index in [9.17, 15) is 9.59 Å². The molecule has 2 saturated heterocycles. The zero-order valence-corrected chi connectivity index (χ0v) is 19.8. The number of ether oxygens (including phenoxy) is 4. The lowest BCUT2D eigenvalue weighted by Crippen LogP contribution is -2.41. The highest BCUT2D eigenvalue weighted by molar-refractivity contribution is 5.89. The van der Waals surface area contributed by atoms with Crippen LogP contribution < -0.4 is 0 Å². The van der Waals surface area contributed by atoms with Crippen LogP contribution in [0, 0.1) is 11.8 Å². The molecule has 4 rings (SSSR count). The second kappa shape index (κ2) is 11.5. The van der Waals surface area contributed by atoms with Gasteiger partial charge in [0.15, 0.2) is 5.79 Å². The molecule has 2 aliphatic heterocycles. The molecule has 0 spiro atoms. The van der Waals surface area contributed by atoms with Gasteiger partial charge in [-0.2, -0.15) is 0 Å². The van der Waals surface area contributed by atoms with E-state index in [2.05, 4.69) is 6.92 Å². The van der Waals surface area contributed by atoms with Gasteiger partial charge in [0.25, 0.3) is 0 Å². The SMILES string of the molecule is CCCCCCCC1(CC[C@H]2C(OC(=O)c3ccccc3)CC3OC(=O)C[C@@H]32)OCCCO1. The van der Waals surface area contributed by atoms with Crippen molar-refractivity contribution in [3.8, 4) is 0 Å². The molecule has 0 bridgehead atoms. The van der Waals surface area contributed by atoms with Crippen LogP contribution in [0.2, 0.25) is 0 Å². The normalized spacial score (nSPS) is 28.3. The molecule has 3 aliphatic rings. The molecule has 6 heteroatoms. The molecule has 33 heavy (non-hydrogen) atoms. The maximum absolute atomic E-state index is 12.7. The van der Waals surface area contributed by atoms with Crippen LogP contribution in [-0.2, 0) is 23.7 Å². The lowest BCUT2D eigenvalue weighted by molar-refractivity contribution is -0.275. The predicted molar refractivity (Wildman–Crippen MR) is 124 cm³/mol. The lowest BCUT2D eigenvalue weighted by Gasteiger charge is -2.39. The largest absolute Gasteiger partial charge is 0.462 e. The van der Waals surface area contributed by atoms with Crippen molar-refractivity contribution >= 4 is 11.9 Å². The molecule has 0 aromatic heterocycles. The fourth-order valence-electron chi connectivity index (χ4n) is 5.69. The molecule has 3 fully saturated rings. The standard InChI is InChI=1S/C27H38O6/c1-2-3-4-5-9-14-27(30-16-10-17-31-27)15-13-21-22-18-25(28)32-24(22)19-23(21)33-26(29)20-11-7-6-8-12-20/h6-8,11-12,21-24H,2-5,9-10,13-19H2,1H3/t21-,22-,23?,24?/m1/s1. The molecule has 182 valence electrons. The van der Waals surface area contributed by atoms with E-state index >= 15 is 0 Å². The van der Waals surface area contributed by atoms with Crippen LogP contribution in [0.15, 0.2) is 30.3 Å². The summed E-state index contributed by atoms with van der Waals surface area (Å²) in [4.78, 5) is 24.7. The third kappa shape index (κ3) is 6.15. The summed E-state index contributed by atoms with van der Waals surface area (Å²) in [5.41, 5.74) is 0.549. The van der Waals surface area contributed by atoms with Crippen molar-refractivity contribution in [1.29, 1.82) is 0 Å². The number of fused-ring (bicyclic) bond motifs is 1. The first kappa shape index (κ1) is 24.2. The number of esters is 2. The molecule has 1 aliphatic carbocycles. The fourth-order valence-corrected chi connectivity index (χ4v) is 5.69. The van der Waals surface area contributed by atoms with Crippen LogP contribution >= 0.6 is 0 Å². The van der Waals surface area contributed by atoms with Crippen LogP contribution in [0.4, 0.5) is 0 Å². The summed E-state index contributed by atoms with van der Waals surface area (Å²) >= 11 is 0. The van der Waals surface area contributed by atoms with Gasteiger partial charge in [0.1, 0.15) is 12.2 Å². The number of benzene rings is 1. The zero-order valence-electron chi connectivity index (χ0n) is 19.8. The van der Waals surface area contributed by atoms with E-state index in [-0.39, 0.29) is 36.0 Å². The Hall–Kier alpha value is -1.92. The minimum absolute atomic E-state index is 0.0696. The number of unbranched alkanes of at least 4 members (excludes halogenated alkanes) is 4. The molecule has 1 saturated carbocycles. The molecule has 0 amide bonds. The highest BCUT2D eigenvalue weighted by atomic mass is 16.7. The van der Waals surface area contributed by atoms with Crippen molar-refractivity contribution in [3.63, 3.8) is 0 Å². The van der Waals surface area contributed by atoms with E-state index in [4.69, 9.17) is 18.9 Å². The van der Waals surface area contributed by atoms with Crippen LogP contribution in [0.25, 0.3) is 0 Å². The monoisotopic (exact) mass is 458 g/mol. The summed E-state index contributed by atoms with van der Waals surface area (Å²) < 4.78 is 24.0. The smallest absolute Gasteiger partial charge is 0.338 e. The summed E-state index contributed by atoms with van der Waals surface area (Å²) in [6.45, 7) is 3.67. The average molecular weight is 459 g/mol. The molecule has 0 radical (unpaired) electrons. The molecule has 2 heterocycles. The topological polar surface area (TPSA) is 71.1 Å².